The molecule has 0 aliphatic carbocycles. The minimum absolute atomic E-state index is 0. The average molecular weight is 517 g/mol. The summed E-state index contributed by atoms with van der Waals surface area (Å²) in [4.78, 5) is 23.9. The van der Waals surface area contributed by atoms with Crippen molar-refractivity contribution in [3.8, 4) is 11.6 Å². The van der Waals surface area contributed by atoms with Crippen molar-refractivity contribution in [1.82, 2.24) is 14.9 Å². The first-order chi connectivity index (χ1) is 16.6. The first-order valence-electron chi connectivity index (χ1n) is 11.5. The van der Waals surface area contributed by atoms with Gasteiger partial charge in [-0.2, -0.15) is 0 Å². The number of aliphatic hydroxyl groups is 1. The molecular weight excluding hydrogens is 488 g/mol. The van der Waals surface area contributed by atoms with Crippen molar-refractivity contribution in [1.29, 1.82) is 0 Å². The molecule has 1 saturated heterocycles. The lowest BCUT2D eigenvalue weighted by Crippen LogP contribution is -2.38. The zero-order valence-electron chi connectivity index (χ0n) is 19.5. The van der Waals surface area contributed by atoms with Gasteiger partial charge in [0.1, 0.15) is 11.3 Å². The molecule has 0 unspecified atom stereocenters. The minimum Gasteiger partial charge on any atom is -0.491 e. The molecule has 0 radical (unpaired) electrons. The number of anilines is 1. The van der Waals surface area contributed by atoms with E-state index in [2.05, 4.69) is 20.2 Å². The van der Waals surface area contributed by atoms with E-state index in [0.717, 1.165) is 53.3 Å². The number of rotatable bonds is 7. The van der Waals surface area contributed by atoms with Crippen molar-refractivity contribution in [2.24, 2.45) is 5.92 Å². The number of ether oxygens (including phenoxy) is 2. The van der Waals surface area contributed by atoms with Crippen LogP contribution >= 0.6 is 24.2 Å². The molecular formula is C25H29ClN4O4S. The molecule has 1 aromatic carbocycles. The monoisotopic (exact) mass is 516 g/mol. The van der Waals surface area contributed by atoms with E-state index in [4.69, 9.17) is 9.47 Å². The van der Waals surface area contributed by atoms with E-state index in [0.29, 0.717) is 36.2 Å². The van der Waals surface area contributed by atoms with Gasteiger partial charge in [0.05, 0.1) is 36.8 Å². The van der Waals surface area contributed by atoms with Crippen molar-refractivity contribution in [2.75, 3.05) is 44.4 Å². The molecule has 10 heteroatoms. The Balaban J connectivity index is 0.00000289. The number of fused-ring (bicyclic) bond motifs is 2. The molecule has 2 N–H and O–H groups in total. The lowest BCUT2D eigenvalue weighted by molar-refractivity contribution is -0.113. The summed E-state index contributed by atoms with van der Waals surface area (Å²) in [6.07, 6.45) is 3.15. The number of nitrogens with one attached hydrogen (secondary N) is 1. The number of halogens is 1. The quantitative estimate of drug-likeness (QED) is 0.487. The van der Waals surface area contributed by atoms with E-state index < -0.39 is 6.10 Å². The van der Waals surface area contributed by atoms with Gasteiger partial charge in [-0.05, 0) is 55.6 Å². The Labute approximate surface area is 214 Å². The van der Waals surface area contributed by atoms with Crippen molar-refractivity contribution in [3.05, 3.63) is 48.2 Å². The molecule has 8 nitrogen and oxygen atoms in total. The molecule has 2 aromatic heterocycles. The van der Waals surface area contributed by atoms with E-state index in [1.165, 1.54) is 11.8 Å². The molecule has 3 aromatic rings. The number of carbonyl (C=O) groups excluding carboxylic acids is 1. The number of β-amino-alcohol motifs (C(OH)–C–C–N with tert-alkyl or cyclic N) is 1. The number of likely N-dealkylation sites (tertiary alicyclic amines) is 1. The molecule has 1 amide bonds. The molecule has 4 heterocycles. The third-order valence-corrected chi connectivity index (χ3v) is 7.44. The van der Waals surface area contributed by atoms with Gasteiger partial charge in [-0.3, -0.25) is 9.78 Å². The highest BCUT2D eigenvalue weighted by molar-refractivity contribution is 8.00. The predicted octanol–water partition coefficient (Wildman–Crippen LogP) is 3.93. The fourth-order valence-electron chi connectivity index (χ4n) is 4.42. The number of methoxy groups -OCH3 is 1. The normalized spacial score (nSPS) is 17.3. The van der Waals surface area contributed by atoms with Gasteiger partial charge in [-0.15, -0.1) is 24.2 Å². The van der Waals surface area contributed by atoms with Crippen LogP contribution < -0.4 is 14.8 Å². The van der Waals surface area contributed by atoms with Gasteiger partial charge in [0.25, 0.3) is 0 Å². The number of thioether (sulfide) groups is 1. The number of aliphatic hydroxyl groups excluding tert-OH is 1. The van der Waals surface area contributed by atoms with Crippen LogP contribution in [0.5, 0.6) is 11.6 Å². The van der Waals surface area contributed by atoms with Gasteiger partial charge in [0.15, 0.2) is 0 Å². The number of pyridine rings is 2. The van der Waals surface area contributed by atoms with Gasteiger partial charge in [0.2, 0.25) is 11.8 Å². The van der Waals surface area contributed by atoms with Gasteiger partial charge < -0.3 is 24.8 Å². The van der Waals surface area contributed by atoms with Crippen molar-refractivity contribution >= 4 is 46.8 Å². The summed E-state index contributed by atoms with van der Waals surface area (Å²) in [5.41, 5.74) is 3.12. The van der Waals surface area contributed by atoms with E-state index in [1.54, 1.807) is 19.4 Å². The van der Waals surface area contributed by atoms with Crippen LogP contribution in [0.3, 0.4) is 0 Å². The Morgan fingerprint density at radius 2 is 2.06 bits per heavy atom. The lowest BCUT2D eigenvalue weighted by Gasteiger charge is -2.33. The van der Waals surface area contributed by atoms with Crippen LogP contribution in [0.25, 0.3) is 11.0 Å². The van der Waals surface area contributed by atoms with Crippen LogP contribution in [-0.4, -0.2) is 65.0 Å². The van der Waals surface area contributed by atoms with E-state index >= 15 is 0 Å². The molecule has 5 rings (SSSR count). The largest absolute Gasteiger partial charge is 0.491 e. The van der Waals surface area contributed by atoms with Gasteiger partial charge >= 0.3 is 0 Å². The van der Waals surface area contributed by atoms with Crippen molar-refractivity contribution in [2.45, 2.75) is 23.8 Å². The predicted molar refractivity (Wildman–Crippen MR) is 139 cm³/mol. The maximum Gasteiger partial charge on any atom is 0.234 e. The van der Waals surface area contributed by atoms with Crippen LogP contribution in [0.1, 0.15) is 24.5 Å². The van der Waals surface area contributed by atoms with E-state index in [1.807, 2.05) is 30.3 Å². The summed E-state index contributed by atoms with van der Waals surface area (Å²) in [7, 11) is 1.60. The zero-order valence-corrected chi connectivity index (χ0v) is 21.1. The molecule has 35 heavy (non-hydrogen) atoms. The Hall–Kier alpha value is -2.59. The Morgan fingerprint density at radius 1 is 1.23 bits per heavy atom. The summed E-state index contributed by atoms with van der Waals surface area (Å²) in [5, 5.41) is 13.7. The molecule has 0 spiro atoms. The number of hydrogen-bond donors (Lipinski definition) is 2. The Kier molecular flexibility index (Phi) is 8.33. The maximum atomic E-state index is 11.7. The minimum atomic E-state index is -0.592. The Bertz CT molecular complexity index is 1190. The second-order valence-corrected chi connectivity index (χ2v) is 9.71. The number of aromatic nitrogens is 2. The van der Waals surface area contributed by atoms with Gasteiger partial charge in [-0.1, -0.05) is 6.07 Å². The third-order valence-electron chi connectivity index (χ3n) is 6.36. The summed E-state index contributed by atoms with van der Waals surface area (Å²) < 4.78 is 11.4. The second kappa shape index (κ2) is 11.4. The van der Waals surface area contributed by atoms with E-state index in [-0.39, 0.29) is 18.3 Å². The fourth-order valence-corrected chi connectivity index (χ4v) is 5.20. The highest BCUT2D eigenvalue weighted by atomic mass is 35.5. The molecule has 2 aliphatic rings. The summed E-state index contributed by atoms with van der Waals surface area (Å²) >= 11 is 1.53. The molecule has 0 bridgehead atoms. The van der Waals surface area contributed by atoms with E-state index in [9.17, 15) is 9.90 Å². The summed E-state index contributed by atoms with van der Waals surface area (Å²) in [6.45, 7) is 3.01. The van der Waals surface area contributed by atoms with Crippen molar-refractivity contribution in [3.63, 3.8) is 0 Å². The van der Waals surface area contributed by atoms with Gasteiger partial charge in [0, 0.05) is 29.8 Å². The summed E-state index contributed by atoms with van der Waals surface area (Å²) in [6, 6.07) is 11.4. The Morgan fingerprint density at radius 3 is 2.86 bits per heavy atom. The SMILES string of the molecule is COc1ccc2nccc(OCC3CCN(C[C@H](O)c4ccc5c(c4)NC(=O)CS5)CC3)c2n1.Cl. The van der Waals surface area contributed by atoms with Crippen LogP contribution in [0, 0.1) is 5.92 Å². The van der Waals surface area contributed by atoms with Crippen LogP contribution in [-0.2, 0) is 4.79 Å². The first kappa shape index (κ1) is 25.5. The highest BCUT2D eigenvalue weighted by Crippen LogP contribution is 2.34. The number of nitrogens with zero attached hydrogens (tertiary/aromatic N) is 3. The van der Waals surface area contributed by atoms with Gasteiger partial charge in [-0.25, -0.2) is 4.98 Å². The summed E-state index contributed by atoms with van der Waals surface area (Å²) in [5.74, 6) is 2.15. The van der Waals surface area contributed by atoms with Crippen LogP contribution in [0.15, 0.2) is 47.5 Å². The smallest absolute Gasteiger partial charge is 0.234 e. The average Bonchev–Trinajstić information content (AvgIpc) is 2.87. The van der Waals surface area contributed by atoms with Crippen LogP contribution in [0.2, 0.25) is 0 Å². The second-order valence-electron chi connectivity index (χ2n) is 8.69. The molecule has 2 aliphatic heterocycles. The lowest BCUT2D eigenvalue weighted by atomic mass is 9.97. The molecule has 186 valence electrons. The number of hydrogen-bond acceptors (Lipinski definition) is 8. The number of amides is 1. The molecule has 1 fully saturated rings. The maximum absolute atomic E-state index is 11.7. The third kappa shape index (κ3) is 5.98. The molecule has 1 atom stereocenters. The highest BCUT2D eigenvalue weighted by Gasteiger charge is 2.24. The molecule has 0 saturated carbocycles. The first-order valence-corrected chi connectivity index (χ1v) is 12.5. The number of carbonyl (C=O) groups is 1. The topological polar surface area (TPSA) is 96.8 Å². The van der Waals surface area contributed by atoms with Crippen molar-refractivity contribution < 1.29 is 19.4 Å². The zero-order chi connectivity index (χ0) is 23.5. The number of piperidine rings is 1. The van der Waals surface area contributed by atoms with Crippen LogP contribution in [0.4, 0.5) is 5.69 Å². The standard InChI is InChI=1S/C25H28N4O4S.ClH/c1-32-24-5-3-18-25(28-24)21(6-9-26-18)33-14-16-7-10-29(11-8-16)13-20(30)17-2-4-22-19(12-17)27-23(31)15-34-22;/h2-6,9,12,16,20,30H,7-8,10-11,13-15H2,1H3,(H,27,31);1H/t20-;/m0./s1. The fraction of sp³-hybridized carbons (Fsp3) is 0.400. The number of benzene rings is 1.